The van der Waals surface area contributed by atoms with E-state index in [0.29, 0.717) is 25.0 Å². The molecule has 2 aliphatic heterocycles. The lowest BCUT2D eigenvalue weighted by molar-refractivity contribution is -0.135. The van der Waals surface area contributed by atoms with Crippen molar-refractivity contribution in [2.24, 2.45) is 5.92 Å². The quantitative estimate of drug-likeness (QED) is 0.354. The van der Waals surface area contributed by atoms with E-state index >= 15 is 4.39 Å². The fourth-order valence-electron chi connectivity index (χ4n) is 5.99. The molecule has 1 saturated carbocycles. The van der Waals surface area contributed by atoms with Gasteiger partial charge >= 0.3 is 7.60 Å². The zero-order valence-corrected chi connectivity index (χ0v) is 23.4. The largest absolute Gasteiger partial charge is 0.492 e. The van der Waals surface area contributed by atoms with Crippen LogP contribution in [0.4, 0.5) is 10.1 Å². The van der Waals surface area contributed by atoms with Gasteiger partial charge in [0.1, 0.15) is 11.1 Å². The minimum atomic E-state index is -4.73. The summed E-state index contributed by atoms with van der Waals surface area (Å²) < 4.78 is 46.3. The van der Waals surface area contributed by atoms with Gasteiger partial charge in [-0.1, -0.05) is 0 Å². The number of halogens is 1. The van der Waals surface area contributed by atoms with E-state index in [2.05, 4.69) is 0 Å². The van der Waals surface area contributed by atoms with Crippen molar-refractivity contribution in [1.29, 1.82) is 0 Å². The SMILES string of the molecule is COc1c(N2C[C@@H]3CCCN(C(=O)CC(P=O)P(=O)(O)O)[C@@H]3C2)c(F)cc2c(=O)c(C(C)=O)cn(C3CC3)c12. The highest BCUT2D eigenvalue weighted by Gasteiger charge is 2.44. The van der Waals surface area contributed by atoms with E-state index in [9.17, 15) is 33.3 Å². The average molecular weight is 581 g/mol. The highest BCUT2D eigenvalue weighted by atomic mass is 31.2. The Labute approximate surface area is 225 Å². The molecule has 2 aromatic rings. The maximum Gasteiger partial charge on any atom is 0.340 e. The van der Waals surface area contributed by atoms with Crippen LogP contribution in [0.15, 0.2) is 17.1 Å². The van der Waals surface area contributed by atoms with E-state index in [1.54, 1.807) is 9.80 Å². The lowest BCUT2D eigenvalue weighted by Crippen LogP contribution is -2.49. The summed E-state index contributed by atoms with van der Waals surface area (Å²) in [6.45, 7) is 2.35. The summed E-state index contributed by atoms with van der Waals surface area (Å²) in [6, 6.07) is 0.886. The zero-order valence-electron chi connectivity index (χ0n) is 21.6. The number of likely N-dealkylation sites (tertiary alicyclic amines) is 1. The number of aromatic nitrogens is 1. The molecule has 1 amide bonds. The number of fused-ring (bicyclic) bond motifs is 2. The lowest BCUT2D eigenvalue weighted by atomic mass is 9.92. The van der Waals surface area contributed by atoms with E-state index < -0.39 is 50.8 Å². The highest BCUT2D eigenvalue weighted by molar-refractivity contribution is 7.62. The molecule has 0 radical (unpaired) electrons. The number of ether oxygens (including phenoxy) is 1. The van der Waals surface area contributed by atoms with Gasteiger partial charge in [0.2, 0.25) is 5.91 Å². The van der Waals surface area contributed by atoms with Gasteiger partial charge in [-0.2, -0.15) is 0 Å². The Bertz CT molecular complexity index is 1470. The number of hydrogen-bond acceptors (Lipinski definition) is 7. The Hall–Kier alpha value is -2.65. The summed E-state index contributed by atoms with van der Waals surface area (Å²) in [5, 5.41) is -1.54. The van der Waals surface area contributed by atoms with Crippen LogP contribution in [0, 0.1) is 11.7 Å². The van der Waals surface area contributed by atoms with Crippen molar-refractivity contribution in [1.82, 2.24) is 9.47 Å². The van der Waals surface area contributed by atoms with Crippen LogP contribution in [0.1, 0.15) is 55.4 Å². The van der Waals surface area contributed by atoms with Crippen LogP contribution in [-0.2, 0) is 13.9 Å². The van der Waals surface area contributed by atoms with Crippen LogP contribution in [0.3, 0.4) is 0 Å². The molecule has 210 valence electrons. The molecular weight excluding hydrogens is 551 g/mol. The van der Waals surface area contributed by atoms with E-state index in [0.717, 1.165) is 25.3 Å². The second-order valence-corrected chi connectivity index (χ2v) is 13.6. The van der Waals surface area contributed by atoms with Gasteiger partial charge in [-0.15, -0.1) is 0 Å². The van der Waals surface area contributed by atoms with Crippen molar-refractivity contribution in [2.45, 2.75) is 56.5 Å². The number of hydrogen-bond donors (Lipinski definition) is 2. The fraction of sp³-hybridized carbons (Fsp3) is 0.560. The molecule has 3 heterocycles. The van der Waals surface area contributed by atoms with Crippen LogP contribution in [0.5, 0.6) is 5.75 Å². The molecule has 1 aromatic carbocycles. The Morgan fingerprint density at radius 2 is 1.97 bits per heavy atom. The number of pyridine rings is 1. The Morgan fingerprint density at radius 3 is 2.56 bits per heavy atom. The van der Waals surface area contributed by atoms with Gasteiger partial charge < -0.3 is 28.9 Å². The maximum absolute atomic E-state index is 15.8. The van der Waals surface area contributed by atoms with Gasteiger partial charge in [-0.05, 0) is 44.6 Å². The number of piperidine rings is 1. The molecule has 5 rings (SSSR count). The Morgan fingerprint density at radius 1 is 1.26 bits per heavy atom. The van der Waals surface area contributed by atoms with Crippen molar-refractivity contribution in [3.8, 4) is 5.75 Å². The smallest absolute Gasteiger partial charge is 0.340 e. The number of benzene rings is 1. The van der Waals surface area contributed by atoms with Crippen molar-refractivity contribution in [3.05, 3.63) is 33.9 Å². The molecule has 1 aromatic heterocycles. The first kappa shape index (κ1) is 27.9. The third kappa shape index (κ3) is 5.04. The topological polar surface area (TPSA) is 146 Å². The first-order valence-electron chi connectivity index (χ1n) is 12.8. The van der Waals surface area contributed by atoms with E-state index in [4.69, 9.17) is 4.74 Å². The molecule has 14 heteroatoms. The summed E-state index contributed by atoms with van der Waals surface area (Å²) in [5.41, 5.74) is 0.0359. The summed E-state index contributed by atoms with van der Waals surface area (Å²) in [5.74, 6) is -1.42. The predicted molar refractivity (Wildman–Crippen MR) is 141 cm³/mol. The lowest BCUT2D eigenvalue weighted by Gasteiger charge is -2.37. The second-order valence-electron chi connectivity index (χ2n) is 10.5. The van der Waals surface area contributed by atoms with Gasteiger partial charge in [-0.3, -0.25) is 23.5 Å². The zero-order chi connectivity index (χ0) is 28.2. The first-order chi connectivity index (χ1) is 18.5. The molecule has 0 bridgehead atoms. The van der Waals surface area contributed by atoms with Crippen LogP contribution < -0.4 is 15.1 Å². The van der Waals surface area contributed by atoms with Gasteiger partial charge in [-0.25, -0.2) is 4.39 Å². The highest BCUT2D eigenvalue weighted by Crippen LogP contribution is 2.49. The summed E-state index contributed by atoms with van der Waals surface area (Å²) >= 11 is 0. The third-order valence-corrected chi connectivity index (χ3v) is 10.6. The second kappa shape index (κ2) is 10.4. The number of rotatable bonds is 8. The molecule has 2 N–H and O–H groups in total. The van der Waals surface area contributed by atoms with E-state index in [1.807, 2.05) is 4.57 Å². The van der Waals surface area contributed by atoms with E-state index in [-0.39, 0.29) is 46.9 Å². The maximum atomic E-state index is 15.8. The van der Waals surface area contributed by atoms with Crippen LogP contribution >= 0.6 is 16.1 Å². The summed E-state index contributed by atoms with van der Waals surface area (Å²) in [4.78, 5) is 60.6. The molecular formula is C25H30FN3O8P2. The number of ketones is 1. The van der Waals surface area contributed by atoms with Crippen LogP contribution in [-0.4, -0.2) is 69.1 Å². The number of methoxy groups -OCH3 is 1. The molecule has 3 fully saturated rings. The number of Topliss-reactive ketones (excluding diaryl/α,β-unsaturated/α-hetero) is 1. The number of carbonyl (C=O) groups excluding carboxylic acids is 2. The number of anilines is 1. The number of carbonyl (C=O) groups is 2. The summed E-state index contributed by atoms with van der Waals surface area (Å²) in [6.07, 6.45) is 4.13. The molecule has 11 nitrogen and oxygen atoms in total. The molecule has 0 spiro atoms. The first-order valence-corrected chi connectivity index (χ1v) is 15.4. The molecule has 3 aliphatic rings. The van der Waals surface area contributed by atoms with Crippen LogP contribution in [0.25, 0.3) is 10.9 Å². The van der Waals surface area contributed by atoms with Gasteiger partial charge in [0.05, 0.1) is 36.0 Å². The van der Waals surface area contributed by atoms with E-state index in [1.165, 1.54) is 20.2 Å². The number of nitrogens with zero attached hydrogens (tertiary/aromatic N) is 3. The Kier molecular flexibility index (Phi) is 7.44. The minimum Gasteiger partial charge on any atom is -0.492 e. The van der Waals surface area contributed by atoms with Gasteiger partial charge in [0.25, 0.3) is 0 Å². The average Bonchev–Trinajstić information content (AvgIpc) is 3.63. The van der Waals surface area contributed by atoms with Crippen molar-refractivity contribution in [3.63, 3.8) is 0 Å². The monoisotopic (exact) mass is 581 g/mol. The standard InChI is InChI=1S/C25H30FN3O8P2/c1-13(30)17-11-29(15-5-6-15)22-16(24(17)32)8-18(26)23(25(22)37-2)27-10-14-4-3-7-28(19(14)12-27)20(31)9-21(38-33)39(34,35)36/h8,11,14-15,19,21H,3-7,9-10,12H2,1-2H3,(H2,34,35,36)/t14-,19+,21?/m0/s1. The fourth-order valence-corrected chi connectivity index (χ4v) is 7.10. The third-order valence-electron chi connectivity index (χ3n) is 8.01. The molecule has 1 unspecified atom stereocenters. The van der Waals surface area contributed by atoms with Crippen LogP contribution in [0.2, 0.25) is 0 Å². The molecule has 39 heavy (non-hydrogen) atoms. The number of amides is 1. The van der Waals surface area contributed by atoms with Crippen molar-refractivity contribution in [2.75, 3.05) is 31.6 Å². The predicted octanol–water partition coefficient (Wildman–Crippen LogP) is 3.30. The van der Waals surface area contributed by atoms with Gasteiger partial charge in [0.15, 0.2) is 31.2 Å². The normalized spacial score (nSPS) is 22.3. The molecule has 2 saturated heterocycles. The van der Waals surface area contributed by atoms with Gasteiger partial charge in [0, 0.05) is 31.9 Å². The molecule has 1 aliphatic carbocycles. The minimum absolute atomic E-state index is 0.00368. The molecule has 3 atom stereocenters. The Balaban J connectivity index is 1.53. The van der Waals surface area contributed by atoms with Crippen molar-refractivity contribution >= 4 is 44.3 Å². The van der Waals surface area contributed by atoms with Crippen molar-refractivity contribution < 1.29 is 37.6 Å². The summed E-state index contributed by atoms with van der Waals surface area (Å²) in [7, 11) is -4.12.